The van der Waals surface area contributed by atoms with E-state index in [1.54, 1.807) is 6.92 Å². The highest BCUT2D eigenvalue weighted by Crippen LogP contribution is 2.17. The van der Waals surface area contributed by atoms with Gasteiger partial charge in [-0.2, -0.15) is 0 Å². The molecule has 2 heteroatoms. The van der Waals surface area contributed by atoms with Crippen LogP contribution in [0.25, 0.3) is 0 Å². The van der Waals surface area contributed by atoms with Gasteiger partial charge in [-0.3, -0.25) is 0 Å². The van der Waals surface area contributed by atoms with Gasteiger partial charge in [-0.25, -0.2) is 0 Å². The molecule has 0 spiro atoms. The second-order valence-corrected chi connectivity index (χ2v) is 4.44. The third-order valence-corrected chi connectivity index (χ3v) is 2.68. The molecule has 0 aromatic rings. The number of nitrogens with two attached hydrogens (primary N) is 1. The molecular weight excluding hydrogens is 174 g/mol. The second-order valence-electron chi connectivity index (χ2n) is 4.44. The lowest BCUT2D eigenvalue weighted by atomic mass is 9.93. The van der Waals surface area contributed by atoms with E-state index in [0.717, 1.165) is 19.3 Å². The summed E-state index contributed by atoms with van der Waals surface area (Å²) >= 11 is 0. The van der Waals surface area contributed by atoms with Gasteiger partial charge < -0.3 is 10.5 Å². The van der Waals surface area contributed by atoms with Crippen LogP contribution in [0.5, 0.6) is 0 Å². The molecule has 2 unspecified atom stereocenters. The maximum Gasteiger partial charge on any atom is 0.130 e. The molecular formula is C12H25NO. The lowest BCUT2D eigenvalue weighted by Gasteiger charge is -2.12. The minimum atomic E-state index is 0.322. The van der Waals surface area contributed by atoms with Crippen molar-refractivity contribution in [3.05, 3.63) is 0 Å². The van der Waals surface area contributed by atoms with Crippen LogP contribution < -0.4 is 5.73 Å². The average molecular weight is 199 g/mol. The Kier molecular flexibility index (Phi) is 7.77. The maximum atomic E-state index is 10.9. The summed E-state index contributed by atoms with van der Waals surface area (Å²) in [4.78, 5) is 10.9. The topological polar surface area (TPSA) is 43.1 Å². The lowest BCUT2D eigenvalue weighted by Crippen LogP contribution is -2.14. The summed E-state index contributed by atoms with van der Waals surface area (Å²) in [5.41, 5.74) is 5.67. The van der Waals surface area contributed by atoms with Crippen LogP contribution in [-0.4, -0.2) is 11.8 Å². The number of ketones is 1. The number of carbonyl (C=O) groups is 1. The van der Waals surface area contributed by atoms with Crippen molar-refractivity contribution in [3.8, 4) is 0 Å². The molecule has 0 saturated heterocycles. The molecule has 0 fully saturated rings. The lowest BCUT2D eigenvalue weighted by molar-refractivity contribution is -0.118. The molecule has 0 aromatic heterocycles. The molecule has 14 heavy (non-hydrogen) atoms. The number of unbranched alkanes of at least 4 members (excludes halogenated alkanes) is 1. The number of carbonyl (C=O) groups excluding carboxylic acids is 1. The highest BCUT2D eigenvalue weighted by molar-refractivity contribution is 5.75. The SMILES string of the molecule is CCC(CCCCC(C)N)CC(C)=O. The zero-order valence-electron chi connectivity index (χ0n) is 9.88. The Morgan fingerprint density at radius 1 is 1.29 bits per heavy atom. The van der Waals surface area contributed by atoms with Crippen LogP contribution in [0.15, 0.2) is 0 Å². The number of rotatable bonds is 8. The van der Waals surface area contributed by atoms with Gasteiger partial charge >= 0.3 is 0 Å². The van der Waals surface area contributed by atoms with Gasteiger partial charge in [0.2, 0.25) is 0 Å². The predicted octanol–water partition coefficient (Wildman–Crippen LogP) is 2.90. The molecule has 0 heterocycles. The van der Waals surface area contributed by atoms with E-state index in [2.05, 4.69) is 6.92 Å². The highest BCUT2D eigenvalue weighted by Gasteiger charge is 2.08. The molecule has 2 N–H and O–H groups in total. The van der Waals surface area contributed by atoms with Crippen LogP contribution in [0.2, 0.25) is 0 Å². The van der Waals surface area contributed by atoms with Crippen molar-refractivity contribution < 1.29 is 4.79 Å². The minimum absolute atomic E-state index is 0.322. The Morgan fingerprint density at radius 3 is 2.29 bits per heavy atom. The van der Waals surface area contributed by atoms with Crippen LogP contribution >= 0.6 is 0 Å². The molecule has 2 atom stereocenters. The third kappa shape index (κ3) is 8.24. The van der Waals surface area contributed by atoms with E-state index in [4.69, 9.17) is 5.73 Å². The van der Waals surface area contributed by atoms with Crippen LogP contribution in [0.1, 0.15) is 59.3 Å². The molecule has 0 aliphatic rings. The molecule has 0 aliphatic heterocycles. The van der Waals surface area contributed by atoms with E-state index in [1.807, 2.05) is 6.92 Å². The fourth-order valence-corrected chi connectivity index (χ4v) is 1.76. The molecule has 0 aromatic carbocycles. The molecule has 0 amide bonds. The van der Waals surface area contributed by atoms with Crippen LogP contribution in [0.4, 0.5) is 0 Å². The van der Waals surface area contributed by atoms with Gasteiger partial charge in [-0.1, -0.05) is 32.6 Å². The Hall–Kier alpha value is -0.370. The van der Waals surface area contributed by atoms with E-state index in [1.165, 1.54) is 19.3 Å². The van der Waals surface area contributed by atoms with Crippen LogP contribution in [0, 0.1) is 5.92 Å². The minimum Gasteiger partial charge on any atom is -0.328 e. The van der Waals surface area contributed by atoms with Gasteiger partial charge in [0, 0.05) is 12.5 Å². The van der Waals surface area contributed by atoms with Crippen molar-refractivity contribution >= 4 is 5.78 Å². The molecule has 0 rings (SSSR count). The molecule has 84 valence electrons. The summed E-state index contributed by atoms with van der Waals surface area (Å²) in [6.07, 6.45) is 6.59. The summed E-state index contributed by atoms with van der Waals surface area (Å²) in [7, 11) is 0. The van der Waals surface area contributed by atoms with Gasteiger partial charge in [-0.15, -0.1) is 0 Å². The predicted molar refractivity (Wildman–Crippen MR) is 61.2 cm³/mol. The van der Waals surface area contributed by atoms with E-state index < -0.39 is 0 Å². The first kappa shape index (κ1) is 13.6. The standard InChI is InChI=1S/C12H25NO/c1-4-12(9-11(3)14)8-6-5-7-10(2)13/h10,12H,4-9,13H2,1-3H3. The van der Waals surface area contributed by atoms with Crippen LogP contribution in [-0.2, 0) is 4.79 Å². The van der Waals surface area contributed by atoms with E-state index >= 15 is 0 Å². The van der Waals surface area contributed by atoms with Crippen molar-refractivity contribution in [2.75, 3.05) is 0 Å². The number of Topliss-reactive ketones (excluding diaryl/α,β-unsaturated/α-hetero) is 1. The number of hydrogen-bond donors (Lipinski definition) is 1. The van der Waals surface area contributed by atoms with Crippen molar-refractivity contribution in [3.63, 3.8) is 0 Å². The van der Waals surface area contributed by atoms with Gasteiger partial charge in [0.1, 0.15) is 5.78 Å². The van der Waals surface area contributed by atoms with Crippen LogP contribution in [0.3, 0.4) is 0 Å². The number of hydrogen-bond acceptors (Lipinski definition) is 2. The third-order valence-electron chi connectivity index (χ3n) is 2.68. The van der Waals surface area contributed by atoms with E-state index in [-0.39, 0.29) is 0 Å². The molecule has 0 radical (unpaired) electrons. The van der Waals surface area contributed by atoms with Gasteiger partial charge in [-0.05, 0) is 26.2 Å². The quantitative estimate of drug-likeness (QED) is 0.611. The van der Waals surface area contributed by atoms with Crippen molar-refractivity contribution in [2.24, 2.45) is 11.7 Å². The summed E-state index contributed by atoms with van der Waals surface area (Å²) < 4.78 is 0. The monoisotopic (exact) mass is 199 g/mol. The van der Waals surface area contributed by atoms with Gasteiger partial charge in [0.15, 0.2) is 0 Å². The van der Waals surface area contributed by atoms with Crippen molar-refractivity contribution in [1.82, 2.24) is 0 Å². The Bertz CT molecular complexity index is 154. The first-order chi connectivity index (χ1) is 6.56. The molecule has 0 bridgehead atoms. The largest absolute Gasteiger partial charge is 0.328 e. The Labute approximate surface area is 88.3 Å². The van der Waals surface area contributed by atoms with Gasteiger partial charge in [0.25, 0.3) is 0 Å². The fourth-order valence-electron chi connectivity index (χ4n) is 1.76. The first-order valence-corrected chi connectivity index (χ1v) is 5.81. The van der Waals surface area contributed by atoms with Gasteiger partial charge in [0.05, 0.1) is 0 Å². The molecule has 2 nitrogen and oxygen atoms in total. The second kappa shape index (κ2) is 7.98. The summed E-state index contributed by atoms with van der Waals surface area (Å²) in [6, 6.07) is 0.322. The molecule has 0 saturated carbocycles. The Morgan fingerprint density at radius 2 is 1.86 bits per heavy atom. The Balaban J connectivity index is 3.47. The van der Waals surface area contributed by atoms with Crippen molar-refractivity contribution in [2.45, 2.75) is 65.3 Å². The van der Waals surface area contributed by atoms with E-state index in [9.17, 15) is 4.79 Å². The highest BCUT2D eigenvalue weighted by atomic mass is 16.1. The molecule has 0 aliphatic carbocycles. The normalized spacial score (nSPS) is 15.1. The summed E-state index contributed by atoms with van der Waals surface area (Å²) in [5.74, 6) is 0.921. The van der Waals surface area contributed by atoms with E-state index in [0.29, 0.717) is 17.7 Å². The summed E-state index contributed by atoms with van der Waals surface area (Å²) in [6.45, 7) is 5.90. The van der Waals surface area contributed by atoms with Crippen molar-refractivity contribution in [1.29, 1.82) is 0 Å². The maximum absolute atomic E-state index is 10.9. The zero-order valence-corrected chi connectivity index (χ0v) is 9.88. The smallest absolute Gasteiger partial charge is 0.130 e. The first-order valence-electron chi connectivity index (χ1n) is 5.81. The summed E-state index contributed by atoms with van der Waals surface area (Å²) in [5, 5.41) is 0. The zero-order chi connectivity index (χ0) is 11.0. The fraction of sp³-hybridized carbons (Fsp3) is 0.917. The average Bonchev–Trinajstić information content (AvgIpc) is 2.09.